The number of hydrogen-bond acceptors (Lipinski definition) is 6. The molecule has 4 aliphatic rings. The molecule has 5 rings (SSSR count). The predicted octanol–water partition coefficient (Wildman–Crippen LogP) is 3.92. The van der Waals surface area contributed by atoms with Crippen molar-refractivity contribution in [3.8, 4) is 11.5 Å². The van der Waals surface area contributed by atoms with Gasteiger partial charge in [-0.1, -0.05) is 18.2 Å². The van der Waals surface area contributed by atoms with Crippen molar-refractivity contribution in [3.63, 3.8) is 0 Å². The summed E-state index contributed by atoms with van der Waals surface area (Å²) in [6, 6.07) is 4.84. The molecule has 0 N–H and O–H groups in total. The van der Waals surface area contributed by atoms with Gasteiger partial charge in [0.15, 0.2) is 11.5 Å². The van der Waals surface area contributed by atoms with Gasteiger partial charge < -0.3 is 19.1 Å². The number of methoxy groups -OCH3 is 2. The van der Waals surface area contributed by atoms with Crippen molar-refractivity contribution < 1.29 is 19.0 Å². The molecule has 32 heavy (non-hydrogen) atoms. The zero-order chi connectivity index (χ0) is 22.8. The Morgan fingerprint density at radius 1 is 1.22 bits per heavy atom. The van der Waals surface area contributed by atoms with Gasteiger partial charge in [-0.25, -0.2) is 0 Å². The third-order valence-corrected chi connectivity index (χ3v) is 8.66. The maximum atomic E-state index is 13.0. The van der Waals surface area contributed by atoms with Crippen molar-refractivity contribution >= 4 is 11.7 Å². The molecule has 3 aliphatic heterocycles. The summed E-state index contributed by atoms with van der Waals surface area (Å²) in [5.41, 5.74) is 3.39. The molecule has 6 nitrogen and oxygen atoms in total. The molecule has 1 aromatic rings. The molecule has 6 heteroatoms. The summed E-state index contributed by atoms with van der Waals surface area (Å²) < 4.78 is 17.2. The van der Waals surface area contributed by atoms with Crippen molar-refractivity contribution in [2.24, 2.45) is 5.41 Å². The number of likely N-dealkylation sites (N-methyl/N-ethyl adjacent to an activating group) is 1. The highest BCUT2D eigenvalue weighted by atomic mass is 16.5. The van der Waals surface area contributed by atoms with E-state index in [1.165, 1.54) is 11.1 Å². The first-order chi connectivity index (χ1) is 15.3. The highest BCUT2D eigenvalue weighted by Gasteiger charge is 2.69. The topological polar surface area (TPSA) is 51.2 Å². The van der Waals surface area contributed by atoms with E-state index in [1.54, 1.807) is 14.2 Å². The SMILES string of the molecule is C=C1C[C@H]2N(C)c3c(ccc(OC)c3OC)[C@]23CCN2CCC[C@@]1(CC(=O)OC(C)C)[C@@H]23. The molecule has 1 aromatic carbocycles. The molecule has 0 unspecified atom stereocenters. The maximum Gasteiger partial charge on any atom is 0.306 e. The second kappa shape index (κ2) is 7.41. The van der Waals surface area contributed by atoms with Gasteiger partial charge in [-0.2, -0.15) is 0 Å². The number of hydrogen-bond donors (Lipinski definition) is 0. The number of carbonyl (C=O) groups excluding carboxylic acids is 1. The van der Waals surface area contributed by atoms with Crippen molar-refractivity contribution in [2.75, 3.05) is 39.3 Å². The molecule has 2 saturated heterocycles. The van der Waals surface area contributed by atoms with Crippen molar-refractivity contribution in [2.45, 2.75) is 69.6 Å². The lowest BCUT2D eigenvalue weighted by Crippen LogP contribution is -2.65. The Hall–Kier alpha value is -2.21. The van der Waals surface area contributed by atoms with Crippen LogP contribution in [-0.2, 0) is 14.9 Å². The number of benzene rings is 1. The fraction of sp³-hybridized carbons (Fsp3) is 0.654. The quantitative estimate of drug-likeness (QED) is 0.511. The fourth-order valence-corrected chi connectivity index (χ4v) is 7.68. The second-order valence-electron chi connectivity index (χ2n) is 10.3. The molecule has 0 bridgehead atoms. The number of carbonyl (C=O) groups is 1. The molecule has 0 radical (unpaired) electrons. The van der Waals surface area contributed by atoms with Crippen LogP contribution in [-0.4, -0.2) is 63.4 Å². The van der Waals surface area contributed by atoms with Crippen molar-refractivity contribution in [1.82, 2.24) is 4.90 Å². The van der Waals surface area contributed by atoms with Gasteiger partial charge in [0.2, 0.25) is 0 Å². The van der Waals surface area contributed by atoms with E-state index >= 15 is 0 Å². The first-order valence-corrected chi connectivity index (χ1v) is 11.9. The van der Waals surface area contributed by atoms with E-state index in [9.17, 15) is 4.79 Å². The van der Waals surface area contributed by atoms with Crippen molar-refractivity contribution in [3.05, 3.63) is 29.8 Å². The van der Waals surface area contributed by atoms with E-state index in [0.717, 1.165) is 56.0 Å². The van der Waals surface area contributed by atoms with Crippen LogP contribution in [0.3, 0.4) is 0 Å². The van der Waals surface area contributed by atoms with Crippen LogP contribution in [0, 0.1) is 5.41 Å². The van der Waals surface area contributed by atoms with Gasteiger partial charge in [0.1, 0.15) is 0 Å². The number of anilines is 1. The van der Waals surface area contributed by atoms with Crippen LogP contribution in [0.25, 0.3) is 0 Å². The standard InChI is InChI=1S/C26H36N2O4/c1-16(2)32-21(29)15-25-10-7-12-28-13-11-26(24(25)28)18-8-9-19(30-5)23(31-6)22(18)27(4)20(26)14-17(25)3/h8-9,16,20,24H,3,7,10-15H2,1-2,4-6H3/t20-,24-,25+,26-/m1/s1. The zero-order valence-electron chi connectivity index (χ0n) is 20.1. The Balaban J connectivity index is 1.68. The minimum absolute atomic E-state index is 0.0522. The molecule has 1 spiro atoms. The van der Waals surface area contributed by atoms with Gasteiger partial charge in [-0.15, -0.1) is 0 Å². The highest BCUT2D eigenvalue weighted by molar-refractivity contribution is 5.78. The number of ether oxygens (including phenoxy) is 3. The molecule has 1 saturated carbocycles. The zero-order valence-corrected chi connectivity index (χ0v) is 20.1. The summed E-state index contributed by atoms with van der Waals surface area (Å²) >= 11 is 0. The summed E-state index contributed by atoms with van der Waals surface area (Å²) in [7, 11) is 5.59. The van der Waals surface area contributed by atoms with E-state index < -0.39 is 0 Å². The number of rotatable bonds is 5. The second-order valence-corrected chi connectivity index (χ2v) is 10.3. The van der Waals surface area contributed by atoms with Crippen LogP contribution >= 0.6 is 0 Å². The van der Waals surface area contributed by atoms with Gasteiger partial charge >= 0.3 is 5.97 Å². The van der Waals surface area contributed by atoms with E-state index in [2.05, 4.69) is 29.5 Å². The van der Waals surface area contributed by atoms with Gasteiger partial charge in [-0.3, -0.25) is 9.69 Å². The van der Waals surface area contributed by atoms with Crippen LogP contribution in [0.1, 0.15) is 51.5 Å². The Bertz CT molecular complexity index is 959. The Morgan fingerprint density at radius 2 is 2.00 bits per heavy atom. The minimum atomic E-state index is -0.243. The van der Waals surface area contributed by atoms with Crippen LogP contribution < -0.4 is 14.4 Å². The molecule has 3 fully saturated rings. The summed E-state index contributed by atoms with van der Waals surface area (Å²) in [4.78, 5) is 18.0. The molecule has 4 atom stereocenters. The molecule has 0 amide bonds. The Labute approximate surface area is 191 Å². The first-order valence-electron chi connectivity index (χ1n) is 11.9. The lowest BCUT2D eigenvalue weighted by atomic mass is 9.50. The lowest BCUT2D eigenvalue weighted by molar-refractivity contribution is -0.152. The maximum absolute atomic E-state index is 13.0. The number of piperidine rings is 1. The summed E-state index contributed by atoms with van der Waals surface area (Å²) in [5, 5.41) is 0. The first kappa shape index (κ1) is 21.6. The van der Waals surface area contributed by atoms with E-state index in [-0.39, 0.29) is 28.9 Å². The van der Waals surface area contributed by atoms with Crippen LogP contribution in [0.15, 0.2) is 24.3 Å². The van der Waals surface area contributed by atoms with Gasteiger partial charge in [-0.05, 0) is 64.3 Å². The molecule has 1 aliphatic carbocycles. The third-order valence-electron chi connectivity index (χ3n) is 8.66. The average molecular weight is 441 g/mol. The number of fused-ring (bicyclic) bond motifs is 1. The summed E-state index contributed by atoms with van der Waals surface area (Å²) in [5.74, 6) is 1.47. The molecular weight excluding hydrogens is 404 g/mol. The van der Waals surface area contributed by atoms with Gasteiger partial charge in [0.25, 0.3) is 0 Å². The predicted molar refractivity (Wildman–Crippen MR) is 125 cm³/mol. The molecule has 174 valence electrons. The molecule has 3 heterocycles. The number of nitrogens with zero attached hydrogens (tertiary/aromatic N) is 2. The van der Waals surface area contributed by atoms with E-state index in [0.29, 0.717) is 12.5 Å². The van der Waals surface area contributed by atoms with E-state index in [1.807, 2.05) is 19.9 Å². The van der Waals surface area contributed by atoms with Crippen LogP contribution in [0.5, 0.6) is 11.5 Å². The Morgan fingerprint density at radius 3 is 2.69 bits per heavy atom. The molecule has 0 aromatic heterocycles. The third kappa shape index (κ3) is 2.65. The van der Waals surface area contributed by atoms with Crippen LogP contribution in [0.4, 0.5) is 5.69 Å². The molecular formula is C26H36N2O4. The monoisotopic (exact) mass is 440 g/mol. The smallest absolute Gasteiger partial charge is 0.306 e. The van der Waals surface area contributed by atoms with Crippen molar-refractivity contribution in [1.29, 1.82) is 0 Å². The van der Waals surface area contributed by atoms with Gasteiger partial charge in [0.05, 0.1) is 32.4 Å². The highest BCUT2D eigenvalue weighted by Crippen LogP contribution is 2.68. The minimum Gasteiger partial charge on any atom is -0.493 e. The summed E-state index contributed by atoms with van der Waals surface area (Å²) in [6.45, 7) is 10.6. The largest absolute Gasteiger partial charge is 0.493 e. The van der Waals surface area contributed by atoms with Gasteiger partial charge in [0, 0.05) is 30.0 Å². The normalized spacial score (nSPS) is 33.1. The van der Waals surface area contributed by atoms with Crippen LogP contribution in [0.2, 0.25) is 0 Å². The lowest BCUT2D eigenvalue weighted by Gasteiger charge is -2.59. The fourth-order valence-electron chi connectivity index (χ4n) is 7.68. The average Bonchev–Trinajstić information content (AvgIpc) is 3.26. The Kier molecular flexibility index (Phi) is 5.01. The van der Waals surface area contributed by atoms with E-state index in [4.69, 9.17) is 14.2 Å². The number of esters is 1. The summed E-state index contributed by atoms with van der Waals surface area (Å²) in [6.07, 6.45) is 4.39.